The molecule has 0 spiro atoms. The first-order valence-corrected chi connectivity index (χ1v) is 6.44. The number of carboxylic acid groups (broad SMARTS) is 4. The first-order valence-electron chi connectivity index (χ1n) is 6.44. The van der Waals surface area contributed by atoms with Gasteiger partial charge in [0.1, 0.15) is 0 Å². The van der Waals surface area contributed by atoms with Crippen LogP contribution in [0.3, 0.4) is 0 Å². The van der Waals surface area contributed by atoms with Gasteiger partial charge in [0.05, 0.1) is 22.3 Å². The summed E-state index contributed by atoms with van der Waals surface area (Å²) in [6.45, 7) is 0. The minimum atomic E-state index is -1.45. The van der Waals surface area contributed by atoms with Crippen molar-refractivity contribution in [3.8, 4) is 11.1 Å². The molecule has 4 N–H and O–H groups in total. The molecule has 9 heteroatoms. The topological polar surface area (TPSA) is 149 Å². The molecule has 0 radical (unpaired) electrons. The molecule has 124 valence electrons. The van der Waals surface area contributed by atoms with Crippen molar-refractivity contribution in [3.05, 3.63) is 58.7 Å². The Bertz CT molecular complexity index is 814. The molecule has 2 aromatic rings. The van der Waals surface area contributed by atoms with E-state index in [-0.39, 0.29) is 62.5 Å². The van der Waals surface area contributed by atoms with E-state index in [1.54, 1.807) is 0 Å². The summed E-state index contributed by atoms with van der Waals surface area (Å²) in [5, 5.41) is 36.2. The summed E-state index contributed by atoms with van der Waals surface area (Å²) in [7, 11) is 0. The van der Waals surface area contributed by atoms with E-state index in [0.717, 1.165) is 24.3 Å². The SMILES string of the molecule is O=C(O)c1ccc(-c2ccc(C(=O)O)c(C(=O)O)c2)cc1C(=O)O.[KH]. The first kappa shape index (κ1) is 21.0. The van der Waals surface area contributed by atoms with Crippen LogP contribution in [0.4, 0.5) is 0 Å². The van der Waals surface area contributed by atoms with E-state index in [1.165, 1.54) is 12.1 Å². The molecule has 0 atom stereocenters. The molecule has 2 rings (SSSR count). The zero-order chi connectivity index (χ0) is 18.0. The molecule has 0 unspecified atom stereocenters. The Hall–Kier alpha value is -2.04. The summed E-state index contributed by atoms with van der Waals surface area (Å²) in [4.78, 5) is 44.4. The Morgan fingerprint density at radius 3 is 1.04 bits per heavy atom. The summed E-state index contributed by atoms with van der Waals surface area (Å²) in [6.07, 6.45) is 0. The zero-order valence-electron chi connectivity index (χ0n) is 11.9. The standard InChI is InChI=1S/C16H10O8.K.H/c17-13(18)9-3-1-7(5-11(9)15(21)22)8-2-4-10(14(19)20)12(6-8)16(23)24;;/h1-6H,(H,17,18)(H,19,20)(H,21,22)(H,23,24);;. The van der Waals surface area contributed by atoms with Gasteiger partial charge in [-0.3, -0.25) is 0 Å². The average molecular weight is 370 g/mol. The van der Waals surface area contributed by atoms with Gasteiger partial charge in [-0.1, -0.05) is 12.1 Å². The predicted molar refractivity (Wildman–Crippen MR) is 86.9 cm³/mol. The number of aromatic carboxylic acids is 4. The maximum absolute atomic E-state index is 11.2. The van der Waals surface area contributed by atoms with E-state index in [9.17, 15) is 19.2 Å². The fraction of sp³-hybridized carbons (Fsp3) is 0. The van der Waals surface area contributed by atoms with E-state index in [0.29, 0.717) is 0 Å². The Balaban J connectivity index is 0.00000312. The van der Waals surface area contributed by atoms with Gasteiger partial charge < -0.3 is 20.4 Å². The van der Waals surface area contributed by atoms with Gasteiger partial charge in [-0.05, 0) is 35.4 Å². The minimum absolute atomic E-state index is 0. The van der Waals surface area contributed by atoms with E-state index < -0.39 is 46.1 Å². The van der Waals surface area contributed by atoms with Crippen molar-refractivity contribution in [1.29, 1.82) is 0 Å². The summed E-state index contributed by atoms with van der Waals surface area (Å²) in [5.41, 5.74) is -1.24. The predicted octanol–water partition coefficient (Wildman–Crippen LogP) is 1.50. The van der Waals surface area contributed by atoms with E-state index >= 15 is 0 Å². The van der Waals surface area contributed by atoms with Crippen LogP contribution >= 0.6 is 0 Å². The fourth-order valence-corrected chi connectivity index (χ4v) is 2.17. The fourth-order valence-electron chi connectivity index (χ4n) is 2.17. The number of carbonyl (C=O) groups is 4. The van der Waals surface area contributed by atoms with Crippen LogP contribution in [0.1, 0.15) is 41.4 Å². The van der Waals surface area contributed by atoms with Gasteiger partial charge in [0, 0.05) is 0 Å². The Labute approximate surface area is 183 Å². The van der Waals surface area contributed by atoms with Crippen LogP contribution in [0, 0.1) is 0 Å². The van der Waals surface area contributed by atoms with Crippen LogP contribution < -0.4 is 0 Å². The second-order valence-corrected chi connectivity index (χ2v) is 4.74. The van der Waals surface area contributed by atoms with Gasteiger partial charge in [0.15, 0.2) is 0 Å². The van der Waals surface area contributed by atoms with E-state index in [1.807, 2.05) is 0 Å². The van der Waals surface area contributed by atoms with Crippen molar-refractivity contribution in [2.75, 3.05) is 0 Å². The van der Waals surface area contributed by atoms with Crippen molar-refractivity contribution in [1.82, 2.24) is 0 Å². The first-order chi connectivity index (χ1) is 11.2. The summed E-state index contributed by atoms with van der Waals surface area (Å²) in [5.74, 6) is -5.72. The molecular weight excluding hydrogens is 359 g/mol. The Kier molecular flexibility index (Phi) is 7.02. The van der Waals surface area contributed by atoms with Crippen molar-refractivity contribution in [3.63, 3.8) is 0 Å². The molecule has 0 heterocycles. The average Bonchev–Trinajstić information content (AvgIpc) is 2.53. The van der Waals surface area contributed by atoms with Crippen molar-refractivity contribution >= 4 is 75.3 Å². The molecule has 0 aromatic heterocycles. The molecule has 0 bridgehead atoms. The molecule has 0 aliphatic carbocycles. The van der Waals surface area contributed by atoms with Crippen molar-refractivity contribution in [2.45, 2.75) is 0 Å². The second kappa shape index (κ2) is 8.36. The van der Waals surface area contributed by atoms with Gasteiger partial charge in [-0.25, -0.2) is 19.2 Å². The molecular formula is C16H11KO8. The molecule has 0 saturated carbocycles. The van der Waals surface area contributed by atoms with Crippen LogP contribution in [0.15, 0.2) is 36.4 Å². The maximum atomic E-state index is 11.2. The van der Waals surface area contributed by atoms with Crippen molar-refractivity contribution in [2.24, 2.45) is 0 Å². The van der Waals surface area contributed by atoms with Crippen LogP contribution in [0.5, 0.6) is 0 Å². The van der Waals surface area contributed by atoms with Gasteiger partial charge in [0.2, 0.25) is 0 Å². The van der Waals surface area contributed by atoms with E-state index in [2.05, 4.69) is 0 Å². The van der Waals surface area contributed by atoms with Gasteiger partial charge >= 0.3 is 75.3 Å². The van der Waals surface area contributed by atoms with Crippen LogP contribution in [-0.4, -0.2) is 95.7 Å². The van der Waals surface area contributed by atoms with Crippen molar-refractivity contribution < 1.29 is 39.6 Å². The Morgan fingerprint density at radius 2 is 0.800 bits per heavy atom. The number of carboxylic acids is 4. The molecule has 25 heavy (non-hydrogen) atoms. The molecule has 0 saturated heterocycles. The third kappa shape index (κ3) is 4.53. The molecule has 0 fully saturated rings. The summed E-state index contributed by atoms with van der Waals surface area (Å²) < 4.78 is 0. The van der Waals surface area contributed by atoms with Gasteiger partial charge in [0.25, 0.3) is 0 Å². The van der Waals surface area contributed by atoms with E-state index in [4.69, 9.17) is 20.4 Å². The zero-order valence-corrected chi connectivity index (χ0v) is 11.9. The Morgan fingerprint density at radius 1 is 0.520 bits per heavy atom. The molecule has 0 amide bonds. The van der Waals surface area contributed by atoms with Crippen LogP contribution in [-0.2, 0) is 0 Å². The van der Waals surface area contributed by atoms with Gasteiger partial charge in [-0.15, -0.1) is 0 Å². The molecule has 2 aromatic carbocycles. The van der Waals surface area contributed by atoms with Crippen LogP contribution in [0.25, 0.3) is 11.1 Å². The quantitative estimate of drug-likeness (QED) is 0.578. The third-order valence-electron chi connectivity index (χ3n) is 3.29. The molecule has 0 aliphatic heterocycles. The molecule has 8 nitrogen and oxygen atoms in total. The third-order valence-corrected chi connectivity index (χ3v) is 3.29. The van der Waals surface area contributed by atoms with Crippen LogP contribution in [0.2, 0.25) is 0 Å². The van der Waals surface area contributed by atoms with Gasteiger partial charge in [-0.2, -0.15) is 0 Å². The number of benzene rings is 2. The monoisotopic (exact) mass is 370 g/mol. The summed E-state index contributed by atoms with van der Waals surface area (Å²) in [6, 6.07) is 6.99. The molecule has 0 aliphatic rings. The second-order valence-electron chi connectivity index (χ2n) is 4.74. The summed E-state index contributed by atoms with van der Waals surface area (Å²) >= 11 is 0. The normalized spacial score (nSPS) is 9.76. The number of hydrogen-bond acceptors (Lipinski definition) is 4. The number of rotatable bonds is 5. The number of hydrogen-bond donors (Lipinski definition) is 4.